The van der Waals surface area contributed by atoms with Crippen LogP contribution in [0.4, 0.5) is 5.69 Å². The Bertz CT molecular complexity index is 363. The summed E-state index contributed by atoms with van der Waals surface area (Å²) in [6, 6.07) is 7.50. The van der Waals surface area contributed by atoms with Gasteiger partial charge in [-0.3, -0.25) is 0 Å². The Morgan fingerprint density at radius 1 is 1.22 bits per heavy atom. The summed E-state index contributed by atoms with van der Waals surface area (Å²) in [6.07, 6.45) is 0. The first-order valence-electron chi connectivity index (χ1n) is 6.29. The molecule has 0 aliphatic heterocycles. The maximum atomic E-state index is 5.82. The number of quaternary nitrogens is 1. The van der Waals surface area contributed by atoms with E-state index in [0.29, 0.717) is 5.11 Å². The number of halogens is 1. The second-order valence-electron chi connectivity index (χ2n) is 4.09. The van der Waals surface area contributed by atoms with Gasteiger partial charge in [-0.05, 0) is 50.3 Å². The summed E-state index contributed by atoms with van der Waals surface area (Å²) in [7, 11) is 0. The van der Waals surface area contributed by atoms with Gasteiger partial charge in [-0.1, -0.05) is 11.6 Å². The monoisotopic (exact) mass is 286 g/mol. The fourth-order valence-corrected chi connectivity index (χ4v) is 2.01. The summed E-state index contributed by atoms with van der Waals surface area (Å²) in [6.45, 7) is 8.66. The third-order valence-corrected chi connectivity index (χ3v) is 3.36. The molecule has 1 aromatic rings. The molecule has 0 saturated heterocycles. The number of hydrogen-bond donors (Lipinski definition) is 3. The van der Waals surface area contributed by atoms with Crippen molar-refractivity contribution in [3.05, 3.63) is 29.3 Å². The van der Waals surface area contributed by atoms with Gasteiger partial charge in [0, 0.05) is 10.7 Å². The lowest BCUT2D eigenvalue weighted by Crippen LogP contribution is -3.12. The molecule has 5 heteroatoms. The summed E-state index contributed by atoms with van der Waals surface area (Å²) in [5, 5.41) is 7.73. The summed E-state index contributed by atoms with van der Waals surface area (Å²) in [4.78, 5) is 1.57. The molecule has 0 saturated carbocycles. The molecule has 0 fully saturated rings. The molecule has 0 heterocycles. The van der Waals surface area contributed by atoms with Crippen molar-refractivity contribution in [2.45, 2.75) is 13.8 Å². The largest absolute Gasteiger partial charge is 0.357 e. The van der Waals surface area contributed by atoms with E-state index in [1.807, 2.05) is 24.3 Å². The van der Waals surface area contributed by atoms with E-state index in [1.54, 1.807) is 4.90 Å². The highest BCUT2D eigenvalue weighted by atomic mass is 35.5. The van der Waals surface area contributed by atoms with Crippen molar-refractivity contribution in [2.75, 3.05) is 31.5 Å². The SMILES string of the molecule is CC[NH+](CC)CCNC(=S)Nc1ccc(Cl)cc1. The smallest absolute Gasteiger partial charge is 0.170 e. The third kappa shape index (κ3) is 5.67. The first-order valence-corrected chi connectivity index (χ1v) is 7.08. The minimum Gasteiger partial charge on any atom is -0.357 e. The van der Waals surface area contributed by atoms with E-state index in [1.165, 1.54) is 0 Å². The molecule has 1 rings (SSSR count). The molecule has 3 N–H and O–H groups in total. The Kier molecular flexibility index (Phi) is 7.01. The summed E-state index contributed by atoms with van der Waals surface area (Å²) < 4.78 is 0. The second-order valence-corrected chi connectivity index (χ2v) is 4.94. The fraction of sp³-hybridized carbons (Fsp3) is 0.462. The first-order chi connectivity index (χ1) is 8.65. The number of hydrogen-bond acceptors (Lipinski definition) is 1. The molecule has 18 heavy (non-hydrogen) atoms. The summed E-state index contributed by atoms with van der Waals surface area (Å²) >= 11 is 11.0. The van der Waals surface area contributed by atoms with Gasteiger partial charge in [0.05, 0.1) is 26.2 Å². The van der Waals surface area contributed by atoms with E-state index in [0.717, 1.165) is 36.9 Å². The van der Waals surface area contributed by atoms with Gasteiger partial charge in [0.2, 0.25) is 0 Å². The number of thiocarbonyl (C=S) groups is 1. The molecule has 3 nitrogen and oxygen atoms in total. The number of benzene rings is 1. The highest BCUT2D eigenvalue weighted by Gasteiger charge is 2.02. The molecule has 100 valence electrons. The molecule has 0 aromatic heterocycles. The van der Waals surface area contributed by atoms with Crippen molar-refractivity contribution in [1.29, 1.82) is 0 Å². The van der Waals surface area contributed by atoms with Crippen LogP contribution in [0, 0.1) is 0 Å². The van der Waals surface area contributed by atoms with Crippen LogP contribution in [0.2, 0.25) is 5.02 Å². The predicted octanol–water partition coefficient (Wildman–Crippen LogP) is 1.55. The van der Waals surface area contributed by atoms with Gasteiger partial charge in [-0.25, -0.2) is 0 Å². The second kappa shape index (κ2) is 8.29. The van der Waals surface area contributed by atoms with Gasteiger partial charge in [-0.2, -0.15) is 0 Å². The van der Waals surface area contributed by atoms with Crippen molar-refractivity contribution >= 4 is 34.6 Å². The van der Waals surface area contributed by atoms with Gasteiger partial charge in [0.25, 0.3) is 0 Å². The van der Waals surface area contributed by atoms with Gasteiger partial charge < -0.3 is 15.5 Å². The number of nitrogens with one attached hydrogen (secondary N) is 3. The van der Waals surface area contributed by atoms with Crippen molar-refractivity contribution < 1.29 is 4.90 Å². The molecule has 0 bridgehead atoms. The predicted molar refractivity (Wildman–Crippen MR) is 82.6 cm³/mol. The average Bonchev–Trinajstić information content (AvgIpc) is 2.37. The van der Waals surface area contributed by atoms with Crippen LogP contribution in [0.1, 0.15) is 13.8 Å². The standard InChI is InChI=1S/C13H20ClN3S/c1-3-17(4-2)10-9-15-13(18)16-12-7-5-11(14)6-8-12/h5-8H,3-4,9-10H2,1-2H3,(H2,15,16,18)/p+1. The molecule has 0 atom stereocenters. The lowest BCUT2D eigenvalue weighted by molar-refractivity contribution is -0.895. The van der Waals surface area contributed by atoms with Gasteiger partial charge in [0.1, 0.15) is 0 Å². The maximum Gasteiger partial charge on any atom is 0.170 e. The molecule has 0 radical (unpaired) electrons. The van der Waals surface area contributed by atoms with Crippen LogP contribution < -0.4 is 15.5 Å². The van der Waals surface area contributed by atoms with Crippen LogP contribution in [0.3, 0.4) is 0 Å². The Balaban J connectivity index is 2.27. The molecule has 0 aliphatic rings. The van der Waals surface area contributed by atoms with E-state index in [2.05, 4.69) is 24.5 Å². The molecule has 0 unspecified atom stereocenters. The Labute approximate surface area is 120 Å². The Hall–Kier alpha value is -0.840. The minimum absolute atomic E-state index is 0.656. The summed E-state index contributed by atoms with van der Waals surface area (Å²) in [5.41, 5.74) is 0.951. The minimum atomic E-state index is 0.656. The lowest BCUT2D eigenvalue weighted by atomic mass is 10.3. The van der Waals surface area contributed by atoms with E-state index in [4.69, 9.17) is 23.8 Å². The zero-order valence-electron chi connectivity index (χ0n) is 10.9. The molecule has 1 aromatic carbocycles. The normalized spacial score (nSPS) is 10.4. The number of likely N-dealkylation sites (N-methyl/N-ethyl adjacent to an activating group) is 1. The van der Waals surface area contributed by atoms with Crippen LogP contribution in [0.25, 0.3) is 0 Å². The Morgan fingerprint density at radius 3 is 2.39 bits per heavy atom. The quantitative estimate of drug-likeness (QED) is 0.693. The van der Waals surface area contributed by atoms with Gasteiger partial charge in [-0.15, -0.1) is 0 Å². The number of rotatable bonds is 6. The van der Waals surface area contributed by atoms with E-state index >= 15 is 0 Å². The molecule has 0 aliphatic carbocycles. The van der Waals surface area contributed by atoms with E-state index in [-0.39, 0.29) is 0 Å². The lowest BCUT2D eigenvalue weighted by Gasteiger charge is -2.16. The fourth-order valence-electron chi connectivity index (χ4n) is 1.66. The van der Waals surface area contributed by atoms with Crippen molar-refractivity contribution in [1.82, 2.24) is 5.32 Å². The van der Waals surface area contributed by atoms with E-state index < -0.39 is 0 Å². The number of anilines is 1. The van der Waals surface area contributed by atoms with Crippen molar-refractivity contribution in [3.8, 4) is 0 Å². The highest BCUT2D eigenvalue weighted by Crippen LogP contribution is 2.12. The van der Waals surface area contributed by atoms with Crippen LogP contribution in [0.5, 0.6) is 0 Å². The van der Waals surface area contributed by atoms with Crippen LogP contribution in [-0.2, 0) is 0 Å². The highest BCUT2D eigenvalue weighted by molar-refractivity contribution is 7.80. The summed E-state index contributed by atoms with van der Waals surface area (Å²) in [5.74, 6) is 0. The van der Waals surface area contributed by atoms with Crippen LogP contribution in [-0.4, -0.2) is 31.3 Å². The van der Waals surface area contributed by atoms with Crippen molar-refractivity contribution in [2.24, 2.45) is 0 Å². The molecule has 0 amide bonds. The third-order valence-electron chi connectivity index (χ3n) is 2.87. The zero-order valence-corrected chi connectivity index (χ0v) is 12.5. The first kappa shape index (κ1) is 15.2. The van der Waals surface area contributed by atoms with Gasteiger partial charge in [0.15, 0.2) is 5.11 Å². The van der Waals surface area contributed by atoms with Crippen LogP contribution >= 0.6 is 23.8 Å². The molecular formula is C13H21ClN3S+. The molecular weight excluding hydrogens is 266 g/mol. The van der Waals surface area contributed by atoms with Crippen LogP contribution in [0.15, 0.2) is 24.3 Å². The topological polar surface area (TPSA) is 28.5 Å². The Morgan fingerprint density at radius 2 is 1.83 bits per heavy atom. The van der Waals surface area contributed by atoms with Crippen molar-refractivity contribution in [3.63, 3.8) is 0 Å². The average molecular weight is 287 g/mol. The zero-order chi connectivity index (χ0) is 13.4. The van der Waals surface area contributed by atoms with Gasteiger partial charge >= 0.3 is 0 Å². The maximum absolute atomic E-state index is 5.82. The molecule has 0 spiro atoms. The van der Waals surface area contributed by atoms with E-state index in [9.17, 15) is 0 Å².